The van der Waals surface area contributed by atoms with Crippen LogP contribution in [0, 0.1) is 0 Å². The van der Waals surface area contributed by atoms with Crippen LogP contribution in [0.15, 0.2) is 48.5 Å². The average molecular weight is 339 g/mol. The summed E-state index contributed by atoms with van der Waals surface area (Å²) >= 11 is 0. The Morgan fingerprint density at radius 1 is 1.04 bits per heavy atom. The molecule has 1 saturated heterocycles. The zero-order chi connectivity index (χ0) is 17.2. The van der Waals surface area contributed by atoms with Crippen LogP contribution in [0.5, 0.6) is 11.5 Å². The van der Waals surface area contributed by atoms with Crippen LogP contribution in [-0.4, -0.2) is 35.8 Å². The lowest BCUT2D eigenvalue weighted by molar-refractivity contribution is 0.0887. The van der Waals surface area contributed by atoms with Gasteiger partial charge in [0.15, 0.2) is 17.6 Å². The van der Waals surface area contributed by atoms with Gasteiger partial charge in [0.2, 0.25) is 0 Å². The van der Waals surface area contributed by atoms with Gasteiger partial charge < -0.3 is 19.5 Å². The molecule has 5 heteroatoms. The Balaban J connectivity index is 1.53. The molecule has 1 N–H and O–H groups in total. The second-order valence-electron chi connectivity index (χ2n) is 6.55. The number of fused-ring (bicyclic) bond motifs is 1. The van der Waals surface area contributed by atoms with Crippen molar-refractivity contribution in [3.8, 4) is 11.5 Å². The van der Waals surface area contributed by atoms with Crippen LogP contribution in [0.25, 0.3) is 0 Å². The maximum atomic E-state index is 11.1. The number of rotatable bonds is 2. The number of carbonyl (C=O) groups is 1. The molecule has 130 valence electrons. The number of amides is 1. The molecule has 0 bridgehead atoms. The average Bonchev–Trinajstić information content (AvgIpc) is 2.68. The summed E-state index contributed by atoms with van der Waals surface area (Å²) in [5, 5.41) is 9.11. The first-order chi connectivity index (χ1) is 12.2. The molecular formula is C20H21NO4. The first-order valence-electron chi connectivity index (χ1n) is 8.67. The van der Waals surface area contributed by atoms with Crippen LogP contribution >= 0.6 is 0 Å². The topological polar surface area (TPSA) is 59.0 Å². The van der Waals surface area contributed by atoms with Gasteiger partial charge in [-0.15, -0.1) is 0 Å². The van der Waals surface area contributed by atoms with E-state index in [1.165, 1.54) is 4.90 Å². The summed E-state index contributed by atoms with van der Waals surface area (Å²) in [6, 6.07) is 16.1. The SMILES string of the molecule is O=C(O)N1CCC(c2cccc3c2OCC(c2ccccc2)O3)CC1. The van der Waals surface area contributed by atoms with Gasteiger partial charge in [-0.3, -0.25) is 0 Å². The fourth-order valence-corrected chi connectivity index (χ4v) is 3.66. The van der Waals surface area contributed by atoms with Crippen molar-refractivity contribution in [1.29, 1.82) is 0 Å². The van der Waals surface area contributed by atoms with Crippen molar-refractivity contribution in [3.05, 3.63) is 59.7 Å². The normalized spacial score (nSPS) is 20.3. The smallest absolute Gasteiger partial charge is 0.407 e. The Kier molecular flexibility index (Phi) is 4.22. The van der Waals surface area contributed by atoms with Gasteiger partial charge in [0.05, 0.1) is 0 Å². The summed E-state index contributed by atoms with van der Waals surface area (Å²) < 4.78 is 12.3. The molecule has 0 saturated carbocycles. The molecule has 25 heavy (non-hydrogen) atoms. The van der Waals surface area contributed by atoms with Crippen molar-refractivity contribution in [2.75, 3.05) is 19.7 Å². The van der Waals surface area contributed by atoms with Crippen LogP contribution in [-0.2, 0) is 0 Å². The minimum Gasteiger partial charge on any atom is -0.485 e. The van der Waals surface area contributed by atoms with E-state index < -0.39 is 6.09 Å². The standard InChI is InChI=1S/C20H21NO4/c22-20(23)21-11-9-14(10-12-21)16-7-4-8-17-19(16)24-13-18(25-17)15-5-2-1-3-6-15/h1-8,14,18H,9-13H2,(H,22,23). The van der Waals surface area contributed by atoms with E-state index in [2.05, 4.69) is 6.07 Å². The Morgan fingerprint density at radius 2 is 1.80 bits per heavy atom. The van der Waals surface area contributed by atoms with Crippen LogP contribution in [0.4, 0.5) is 4.79 Å². The number of para-hydroxylation sites is 1. The molecule has 0 aromatic heterocycles. The van der Waals surface area contributed by atoms with Gasteiger partial charge in [0.1, 0.15) is 6.61 Å². The van der Waals surface area contributed by atoms with Gasteiger partial charge in [0.25, 0.3) is 0 Å². The van der Waals surface area contributed by atoms with Crippen molar-refractivity contribution in [3.63, 3.8) is 0 Å². The zero-order valence-electron chi connectivity index (χ0n) is 13.9. The van der Waals surface area contributed by atoms with Crippen LogP contribution in [0.2, 0.25) is 0 Å². The summed E-state index contributed by atoms with van der Waals surface area (Å²) in [5.41, 5.74) is 2.24. The molecule has 2 aliphatic rings. The number of ether oxygens (including phenoxy) is 2. The molecule has 2 aromatic carbocycles. The quantitative estimate of drug-likeness (QED) is 0.896. The number of hydrogen-bond donors (Lipinski definition) is 1. The number of hydrogen-bond acceptors (Lipinski definition) is 3. The van der Waals surface area contributed by atoms with E-state index in [1.54, 1.807) is 0 Å². The first kappa shape index (κ1) is 15.8. The maximum Gasteiger partial charge on any atom is 0.407 e. The van der Waals surface area contributed by atoms with E-state index in [-0.39, 0.29) is 6.10 Å². The Morgan fingerprint density at radius 3 is 2.52 bits per heavy atom. The summed E-state index contributed by atoms with van der Waals surface area (Å²) in [6.07, 6.45) is 0.694. The van der Waals surface area contributed by atoms with E-state index in [0.29, 0.717) is 25.6 Å². The lowest BCUT2D eigenvalue weighted by Crippen LogP contribution is -2.37. The van der Waals surface area contributed by atoms with Gasteiger partial charge >= 0.3 is 6.09 Å². The fraction of sp³-hybridized carbons (Fsp3) is 0.350. The molecule has 0 aliphatic carbocycles. The number of nitrogens with zero attached hydrogens (tertiary/aromatic N) is 1. The second-order valence-corrected chi connectivity index (χ2v) is 6.55. The van der Waals surface area contributed by atoms with Gasteiger partial charge in [-0.2, -0.15) is 0 Å². The third-order valence-corrected chi connectivity index (χ3v) is 5.03. The summed E-state index contributed by atoms with van der Waals surface area (Å²) in [5.74, 6) is 1.91. The predicted molar refractivity (Wildman–Crippen MR) is 93.3 cm³/mol. The lowest BCUT2D eigenvalue weighted by atomic mass is 9.88. The Bertz CT molecular complexity index is 754. The largest absolute Gasteiger partial charge is 0.485 e. The van der Waals surface area contributed by atoms with Crippen molar-refractivity contribution in [1.82, 2.24) is 4.90 Å². The van der Waals surface area contributed by atoms with E-state index in [0.717, 1.165) is 35.5 Å². The maximum absolute atomic E-state index is 11.1. The Labute approximate surface area is 146 Å². The van der Waals surface area contributed by atoms with Gasteiger partial charge in [0, 0.05) is 18.7 Å². The molecule has 2 aromatic rings. The van der Waals surface area contributed by atoms with Gasteiger partial charge in [-0.05, 0) is 30.4 Å². The summed E-state index contributed by atoms with van der Waals surface area (Å²) in [7, 11) is 0. The molecule has 1 fully saturated rings. The lowest BCUT2D eigenvalue weighted by Gasteiger charge is -2.33. The number of benzene rings is 2. The highest BCUT2D eigenvalue weighted by Crippen LogP contribution is 2.44. The number of likely N-dealkylation sites (tertiary alicyclic amines) is 1. The Hall–Kier alpha value is -2.69. The highest BCUT2D eigenvalue weighted by atomic mass is 16.6. The van der Waals surface area contributed by atoms with E-state index in [4.69, 9.17) is 14.6 Å². The van der Waals surface area contributed by atoms with E-state index in [9.17, 15) is 4.79 Å². The van der Waals surface area contributed by atoms with Crippen LogP contribution in [0.1, 0.15) is 36.0 Å². The molecule has 2 heterocycles. The minimum atomic E-state index is -0.834. The van der Waals surface area contributed by atoms with Crippen molar-refractivity contribution in [2.45, 2.75) is 24.9 Å². The molecule has 2 aliphatic heterocycles. The van der Waals surface area contributed by atoms with Crippen LogP contribution in [0.3, 0.4) is 0 Å². The van der Waals surface area contributed by atoms with Crippen LogP contribution < -0.4 is 9.47 Å². The number of piperidine rings is 1. The summed E-state index contributed by atoms with van der Waals surface area (Å²) in [6.45, 7) is 1.62. The fourth-order valence-electron chi connectivity index (χ4n) is 3.66. The third kappa shape index (κ3) is 3.14. The van der Waals surface area contributed by atoms with Crippen molar-refractivity contribution < 1.29 is 19.4 Å². The first-order valence-corrected chi connectivity index (χ1v) is 8.67. The minimum absolute atomic E-state index is 0.0993. The molecule has 0 radical (unpaired) electrons. The molecule has 1 atom stereocenters. The molecular weight excluding hydrogens is 318 g/mol. The second kappa shape index (κ2) is 6.67. The van der Waals surface area contributed by atoms with E-state index >= 15 is 0 Å². The monoisotopic (exact) mass is 339 g/mol. The van der Waals surface area contributed by atoms with Crippen molar-refractivity contribution in [2.24, 2.45) is 0 Å². The third-order valence-electron chi connectivity index (χ3n) is 5.03. The molecule has 1 amide bonds. The predicted octanol–water partition coefficient (Wildman–Crippen LogP) is 4.06. The highest BCUT2D eigenvalue weighted by molar-refractivity contribution is 5.65. The highest BCUT2D eigenvalue weighted by Gasteiger charge is 2.30. The van der Waals surface area contributed by atoms with Gasteiger partial charge in [-0.1, -0.05) is 42.5 Å². The number of carboxylic acid groups (broad SMARTS) is 1. The zero-order valence-corrected chi connectivity index (χ0v) is 13.9. The molecule has 5 nitrogen and oxygen atoms in total. The van der Waals surface area contributed by atoms with Crippen molar-refractivity contribution >= 4 is 6.09 Å². The van der Waals surface area contributed by atoms with Gasteiger partial charge in [-0.25, -0.2) is 4.79 Å². The molecule has 0 spiro atoms. The van der Waals surface area contributed by atoms with E-state index in [1.807, 2.05) is 42.5 Å². The molecule has 1 unspecified atom stereocenters. The summed E-state index contributed by atoms with van der Waals surface area (Å²) in [4.78, 5) is 12.6. The molecule has 4 rings (SSSR count).